The Kier molecular flexibility index (Phi) is 6.33. The van der Waals surface area contributed by atoms with Crippen molar-refractivity contribution in [3.63, 3.8) is 0 Å². The number of benzene rings is 2. The van der Waals surface area contributed by atoms with Gasteiger partial charge in [0.05, 0.1) is 22.4 Å². The van der Waals surface area contributed by atoms with Gasteiger partial charge in [0, 0.05) is 37.5 Å². The summed E-state index contributed by atoms with van der Waals surface area (Å²) in [6.07, 6.45) is 4.64. The molecule has 0 atom stereocenters. The molecular weight excluding hydrogens is 462 g/mol. The van der Waals surface area contributed by atoms with Gasteiger partial charge in [0.25, 0.3) is 0 Å². The number of thiazole rings is 1. The van der Waals surface area contributed by atoms with Crippen LogP contribution in [-0.4, -0.2) is 44.3 Å². The Morgan fingerprint density at radius 1 is 1.09 bits per heavy atom. The Hall–Kier alpha value is -3.98. The molecule has 1 N–H and O–H groups in total. The second kappa shape index (κ2) is 9.71. The molecule has 0 aliphatic carbocycles. The number of aromatic amines is 1. The predicted molar refractivity (Wildman–Crippen MR) is 138 cm³/mol. The van der Waals surface area contributed by atoms with Crippen LogP contribution in [-0.2, 0) is 9.59 Å². The molecule has 8 nitrogen and oxygen atoms in total. The molecule has 1 saturated heterocycles. The average Bonchev–Trinajstić information content (AvgIpc) is 3.46. The van der Waals surface area contributed by atoms with Crippen molar-refractivity contribution in [1.29, 1.82) is 0 Å². The van der Waals surface area contributed by atoms with Gasteiger partial charge in [-0.3, -0.25) is 19.1 Å². The van der Waals surface area contributed by atoms with Crippen LogP contribution in [0.25, 0.3) is 17.1 Å². The van der Waals surface area contributed by atoms with Gasteiger partial charge < -0.3 is 9.88 Å². The minimum Gasteiger partial charge on any atom is -0.339 e. The second-order valence-electron chi connectivity index (χ2n) is 8.45. The topological polar surface area (TPSA) is 91.3 Å². The summed E-state index contributed by atoms with van der Waals surface area (Å²) in [5.41, 5.74) is 3.00. The van der Waals surface area contributed by atoms with Crippen LogP contribution in [0, 0.1) is 0 Å². The molecule has 3 heterocycles. The third kappa shape index (κ3) is 4.67. The molecule has 1 aliphatic rings. The molecule has 0 unspecified atom stereocenters. The van der Waals surface area contributed by atoms with E-state index < -0.39 is 0 Å². The van der Waals surface area contributed by atoms with E-state index in [-0.39, 0.29) is 23.5 Å². The number of aromatic nitrogens is 3. The van der Waals surface area contributed by atoms with E-state index >= 15 is 0 Å². The van der Waals surface area contributed by atoms with Gasteiger partial charge in [-0.15, -0.1) is 11.3 Å². The van der Waals surface area contributed by atoms with Crippen LogP contribution >= 0.6 is 11.3 Å². The lowest BCUT2D eigenvalue weighted by molar-refractivity contribution is -0.127. The van der Waals surface area contributed by atoms with Crippen molar-refractivity contribution >= 4 is 51.1 Å². The van der Waals surface area contributed by atoms with Gasteiger partial charge in [-0.25, -0.2) is 9.78 Å². The first-order valence-electron chi connectivity index (χ1n) is 11.5. The van der Waals surface area contributed by atoms with Crippen LogP contribution in [0.5, 0.6) is 0 Å². The van der Waals surface area contributed by atoms with Crippen LogP contribution in [0.15, 0.2) is 70.8 Å². The molecule has 5 rings (SSSR count). The van der Waals surface area contributed by atoms with Crippen molar-refractivity contribution in [1.82, 2.24) is 19.4 Å². The van der Waals surface area contributed by atoms with Crippen molar-refractivity contribution < 1.29 is 9.59 Å². The fraction of sp³-hybridized carbons (Fsp3) is 0.231. The SMILES string of the molecule is CC(=O)N(c1ccccc1)c1nc(C=CC(=O)N2CCC(n3c(=O)[nH]c4ccccc43)CC2)cs1. The molecule has 1 aliphatic heterocycles. The lowest BCUT2D eigenvalue weighted by atomic mass is 10.0. The van der Waals surface area contributed by atoms with Crippen LogP contribution < -0.4 is 10.6 Å². The second-order valence-corrected chi connectivity index (χ2v) is 9.29. The first kappa shape index (κ1) is 22.8. The highest BCUT2D eigenvalue weighted by molar-refractivity contribution is 7.14. The van der Waals surface area contributed by atoms with E-state index in [1.54, 1.807) is 15.9 Å². The minimum atomic E-state index is -0.130. The average molecular weight is 488 g/mol. The van der Waals surface area contributed by atoms with E-state index in [2.05, 4.69) is 9.97 Å². The number of nitrogens with one attached hydrogen (secondary N) is 1. The minimum absolute atomic E-state index is 0.0586. The smallest absolute Gasteiger partial charge is 0.326 e. The van der Waals surface area contributed by atoms with Crippen LogP contribution in [0.1, 0.15) is 31.5 Å². The number of anilines is 2. The van der Waals surface area contributed by atoms with Gasteiger partial charge in [-0.2, -0.15) is 0 Å². The first-order chi connectivity index (χ1) is 17.0. The number of likely N-dealkylation sites (tertiary alicyclic amines) is 1. The maximum atomic E-state index is 12.8. The predicted octanol–water partition coefficient (Wildman–Crippen LogP) is 4.35. The molecule has 9 heteroatoms. The Balaban J connectivity index is 1.23. The molecule has 178 valence electrons. The number of fused-ring (bicyclic) bond motifs is 1. The highest BCUT2D eigenvalue weighted by Crippen LogP contribution is 2.29. The Morgan fingerprint density at radius 3 is 2.54 bits per heavy atom. The van der Waals surface area contributed by atoms with E-state index in [1.807, 2.05) is 64.5 Å². The Morgan fingerprint density at radius 2 is 1.80 bits per heavy atom. The standard InChI is InChI=1S/C26H25N5O3S/c1-18(32)30(20-7-3-2-4-8-20)26-27-19(17-35-26)11-12-24(33)29-15-13-21(14-16-29)31-23-10-6-5-9-22(23)28-25(31)34/h2-12,17,21H,13-16H2,1H3,(H,28,34). The van der Waals surface area contributed by atoms with Gasteiger partial charge in [-0.05, 0) is 43.2 Å². The number of rotatable bonds is 5. The van der Waals surface area contributed by atoms with Gasteiger partial charge >= 0.3 is 5.69 Å². The number of para-hydroxylation sites is 3. The zero-order valence-electron chi connectivity index (χ0n) is 19.3. The Labute approximate surface area is 206 Å². The molecule has 2 amide bonds. The summed E-state index contributed by atoms with van der Waals surface area (Å²) in [5.74, 6) is -0.218. The number of hydrogen-bond donors (Lipinski definition) is 1. The quantitative estimate of drug-likeness (QED) is 0.424. The van der Waals surface area contributed by atoms with Crippen molar-refractivity contribution in [2.24, 2.45) is 0 Å². The highest BCUT2D eigenvalue weighted by atomic mass is 32.1. The number of imidazole rings is 1. The Bertz CT molecular complexity index is 1440. The monoisotopic (exact) mass is 487 g/mol. The molecule has 0 spiro atoms. The number of carbonyl (C=O) groups excluding carboxylic acids is 2. The summed E-state index contributed by atoms with van der Waals surface area (Å²) in [4.78, 5) is 48.3. The van der Waals surface area contributed by atoms with Crippen molar-refractivity contribution in [2.75, 3.05) is 18.0 Å². The van der Waals surface area contributed by atoms with Crippen LogP contribution in [0.2, 0.25) is 0 Å². The molecule has 0 saturated carbocycles. The van der Waals surface area contributed by atoms with Gasteiger partial charge in [0.2, 0.25) is 11.8 Å². The third-order valence-corrected chi connectivity index (χ3v) is 7.04. The normalized spacial score (nSPS) is 14.6. The zero-order chi connectivity index (χ0) is 24.4. The summed E-state index contributed by atoms with van der Waals surface area (Å²) in [6, 6.07) is 17.1. The number of piperidine rings is 1. The highest BCUT2D eigenvalue weighted by Gasteiger charge is 2.25. The van der Waals surface area contributed by atoms with E-state index in [0.29, 0.717) is 36.8 Å². The maximum absolute atomic E-state index is 12.8. The summed E-state index contributed by atoms with van der Waals surface area (Å²) < 4.78 is 1.82. The fourth-order valence-corrected chi connectivity index (χ4v) is 5.36. The lowest BCUT2D eigenvalue weighted by Crippen LogP contribution is -2.39. The molecule has 1 fully saturated rings. The van der Waals surface area contributed by atoms with Crippen molar-refractivity contribution in [3.05, 3.63) is 82.2 Å². The lowest BCUT2D eigenvalue weighted by Gasteiger charge is -2.31. The maximum Gasteiger partial charge on any atom is 0.326 e. The molecular formula is C26H25N5O3S. The zero-order valence-corrected chi connectivity index (χ0v) is 20.1. The van der Waals surface area contributed by atoms with E-state index in [0.717, 1.165) is 16.7 Å². The molecule has 35 heavy (non-hydrogen) atoms. The molecule has 2 aromatic heterocycles. The largest absolute Gasteiger partial charge is 0.339 e. The van der Waals surface area contributed by atoms with E-state index in [1.165, 1.54) is 24.3 Å². The molecule has 2 aromatic carbocycles. The fourth-order valence-electron chi connectivity index (χ4n) is 4.50. The number of nitrogens with zero attached hydrogens (tertiary/aromatic N) is 4. The summed E-state index contributed by atoms with van der Waals surface area (Å²) in [5, 5.41) is 2.38. The summed E-state index contributed by atoms with van der Waals surface area (Å²) in [7, 11) is 0. The number of hydrogen-bond acceptors (Lipinski definition) is 5. The number of amides is 2. The van der Waals surface area contributed by atoms with Gasteiger partial charge in [0.1, 0.15) is 0 Å². The molecule has 0 bridgehead atoms. The van der Waals surface area contributed by atoms with Crippen LogP contribution in [0.4, 0.5) is 10.8 Å². The van der Waals surface area contributed by atoms with Crippen molar-refractivity contribution in [3.8, 4) is 0 Å². The van der Waals surface area contributed by atoms with Crippen molar-refractivity contribution in [2.45, 2.75) is 25.8 Å². The number of carbonyl (C=O) groups is 2. The molecule has 0 radical (unpaired) electrons. The third-order valence-electron chi connectivity index (χ3n) is 6.19. The van der Waals surface area contributed by atoms with E-state index in [4.69, 9.17) is 0 Å². The summed E-state index contributed by atoms with van der Waals surface area (Å²) >= 11 is 1.35. The van der Waals surface area contributed by atoms with Gasteiger partial charge in [-0.1, -0.05) is 30.3 Å². The van der Waals surface area contributed by atoms with E-state index in [9.17, 15) is 14.4 Å². The first-order valence-corrected chi connectivity index (χ1v) is 12.4. The van der Waals surface area contributed by atoms with Gasteiger partial charge in [0.15, 0.2) is 5.13 Å². The molecule has 4 aromatic rings. The van der Waals surface area contributed by atoms with Crippen LogP contribution in [0.3, 0.4) is 0 Å². The summed E-state index contributed by atoms with van der Waals surface area (Å²) in [6.45, 7) is 2.66. The number of H-pyrrole nitrogens is 1.